The molecule has 0 fully saturated rings. The number of oxazole rings is 1. The highest BCUT2D eigenvalue weighted by atomic mass is 32.1. The van der Waals surface area contributed by atoms with E-state index in [1.165, 1.54) is 18.3 Å². The van der Waals surface area contributed by atoms with Crippen LogP contribution in [-0.2, 0) is 6.42 Å². The molecule has 0 spiro atoms. The molecule has 0 aliphatic rings. The Morgan fingerprint density at radius 1 is 1.39 bits per heavy atom. The molecule has 0 saturated carbocycles. The molecule has 23 heavy (non-hydrogen) atoms. The van der Waals surface area contributed by atoms with E-state index in [1.807, 2.05) is 24.4 Å². The zero-order chi connectivity index (χ0) is 16.2. The van der Waals surface area contributed by atoms with Crippen molar-refractivity contribution in [2.24, 2.45) is 0 Å². The number of thiophene rings is 1. The lowest BCUT2D eigenvalue weighted by atomic mass is 10.3. The van der Waals surface area contributed by atoms with Gasteiger partial charge in [0.1, 0.15) is 12.0 Å². The molecule has 0 N–H and O–H groups in total. The Kier molecular flexibility index (Phi) is 4.33. The van der Waals surface area contributed by atoms with Gasteiger partial charge in [-0.3, -0.25) is 10.1 Å². The molecule has 0 saturated heterocycles. The first-order valence-corrected chi connectivity index (χ1v) is 7.75. The summed E-state index contributed by atoms with van der Waals surface area (Å²) in [5.74, 6) is 1.71. The average Bonchev–Trinajstić information content (AvgIpc) is 3.18. The molecule has 3 aromatic heterocycles. The van der Waals surface area contributed by atoms with Gasteiger partial charge in [0.15, 0.2) is 0 Å². The minimum Gasteiger partial charge on any atom is -0.477 e. The summed E-state index contributed by atoms with van der Waals surface area (Å²) in [5.41, 5.74) is 0.764. The molecule has 3 heterocycles. The Bertz CT molecular complexity index is 797. The van der Waals surface area contributed by atoms with E-state index in [4.69, 9.17) is 9.15 Å². The second-order valence-corrected chi connectivity index (χ2v) is 5.66. The second-order valence-electron chi connectivity index (χ2n) is 4.71. The SMILES string of the molecule is Cc1oc(-c2cccs2)nc1CCOc1ccc([N+](=O)[O-])cn1. The summed E-state index contributed by atoms with van der Waals surface area (Å²) < 4.78 is 11.1. The molecule has 0 radical (unpaired) electrons. The zero-order valence-electron chi connectivity index (χ0n) is 12.3. The van der Waals surface area contributed by atoms with Crippen LogP contribution in [0.2, 0.25) is 0 Å². The van der Waals surface area contributed by atoms with Gasteiger partial charge in [0.25, 0.3) is 5.69 Å². The summed E-state index contributed by atoms with van der Waals surface area (Å²) in [6.45, 7) is 2.23. The maximum Gasteiger partial charge on any atom is 0.287 e. The first kappa shape index (κ1) is 15.2. The monoisotopic (exact) mass is 331 g/mol. The summed E-state index contributed by atoms with van der Waals surface area (Å²) in [7, 11) is 0. The highest BCUT2D eigenvalue weighted by Gasteiger charge is 2.12. The number of hydrogen-bond donors (Lipinski definition) is 0. The van der Waals surface area contributed by atoms with Crippen molar-refractivity contribution >= 4 is 17.0 Å². The zero-order valence-corrected chi connectivity index (χ0v) is 13.1. The molecular formula is C15H13N3O4S. The third-order valence-corrected chi connectivity index (χ3v) is 4.00. The largest absolute Gasteiger partial charge is 0.477 e. The van der Waals surface area contributed by atoms with Crippen LogP contribution in [0.4, 0.5) is 5.69 Å². The van der Waals surface area contributed by atoms with Gasteiger partial charge < -0.3 is 9.15 Å². The Labute approximate surface area is 135 Å². The first-order chi connectivity index (χ1) is 11.1. The van der Waals surface area contributed by atoms with Crippen molar-refractivity contribution in [3.8, 4) is 16.6 Å². The molecule has 7 nitrogen and oxygen atoms in total. The van der Waals surface area contributed by atoms with Crippen molar-refractivity contribution in [1.29, 1.82) is 0 Å². The van der Waals surface area contributed by atoms with Crippen LogP contribution in [0.15, 0.2) is 40.3 Å². The Morgan fingerprint density at radius 3 is 2.91 bits per heavy atom. The fourth-order valence-corrected chi connectivity index (χ4v) is 2.63. The number of nitrogens with zero attached hydrogens (tertiary/aromatic N) is 3. The highest BCUT2D eigenvalue weighted by Crippen LogP contribution is 2.26. The third-order valence-electron chi connectivity index (χ3n) is 3.14. The van der Waals surface area contributed by atoms with Gasteiger partial charge in [-0.05, 0) is 18.4 Å². The van der Waals surface area contributed by atoms with Crippen molar-refractivity contribution in [3.05, 3.63) is 57.4 Å². The van der Waals surface area contributed by atoms with Crippen LogP contribution in [0, 0.1) is 17.0 Å². The molecule has 0 unspecified atom stereocenters. The number of hydrogen-bond acceptors (Lipinski definition) is 7. The normalized spacial score (nSPS) is 10.7. The van der Waals surface area contributed by atoms with Crippen molar-refractivity contribution in [2.75, 3.05) is 6.61 Å². The fourth-order valence-electron chi connectivity index (χ4n) is 1.98. The molecule has 3 aromatic rings. The van der Waals surface area contributed by atoms with E-state index >= 15 is 0 Å². The Morgan fingerprint density at radius 2 is 2.26 bits per heavy atom. The number of rotatable bonds is 6. The maximum absolute atomic E-state index is 10.6. The molecule has 0 amide bonds. The summed E-state index contributed by atoms with van der Waals surface area (Å²) in [6, 6.07) is 6.74. The number of nitro groups is 1. The molecule has 8 heteroatoms. The van der Waals surface area contributed by atoms with Gasteiger partial charge in [0.2, 0.25) is 11.8 Å². The lowest BCUT2D eigenvalue weighted by Gasteiger charge is -2.03. The van der Waals surface area contributed by atoms with E-state index < -0.39 is 4.92 Å². The molecule has 3 rings (SSSR count). The van der Waals surface area contributed by atoms with Crippen molar-refractivity contribution in [2.45, 2.75) is 13.3 Å². The van der Waals surface area contributed by atoms with Crippen LogP contribution in [0.3, 0.4) is 0 Å². The van der Waals surface area contributed by atoms with Gasteiger partial charge in [-0.2, -0.15) is 0 Å². The molecule has 118 valence electrons. The van der Waals surface area contributed by atoms with Gasteiger partial charge in [-0.25, -0.2) is 9.97 Å². The van der Waals surface area contributed by atoms with E-state index in [0.717, 1.165) is 16.3 Å². The Balaban J connectivity index is 1.59. The van der Waals surface area contributed by atoms with E-state index in [1.54, 1.807) is 11.3 Å². The quantitative estimate of drug-likeness (QED) is 0.506. The number of aromatic nitrogens is 2. The number of ether oxygens (including phenoxy) is 1. The van der Waals surface area contributed by atoms with E-state index in [2.05, 4.69) is 9.97 Å². The van der Waals surface area contributed by atoms with Crippen molar-refractivity contribution < 1.29 is 14.1 Å². The van der Waals surface area contributed by atoms with Gasteiger partial charge in [0, 0.05) is 18.6 Å². The fraction of sp³-hybridized carbons (Fsp3) is 0.200. The standard InChI is InChI=1S/C15H13N3O4S/c1-10-12(17-15(22-10)13-3-2-8-23-13)6-7-21-14-5-4-11(9-16-14)18(19)20/h2-5,8-9H,6-7H2,1H3. The minimum absolute atomic E-state index is 0.0646. The van der Waals surface area contributed by atoms with Crippen LogP contribution in [0.5, 0.6) is 5.88 Å². The predicted octanol–water partition coefficient (Wildman–Crippen LogP) is 3.64. The van der Waals surface area contributed by atoms with E-state index in [9.17, 15) is 10.1 Å². The molecule has 0 bridgehead atoms. The summed E-state index contributed by atoms with van der Waals surface area (Å²) in [5, 5.41) is 12.5. The van der Waals surface area contributed by atoms with Crippen LogP contribution < -0.4 is 4.74 Å². The van der Waals surface area contributed by atoms with Crippen LogP contribution >= 0.6 is 11.3 Å². The predicted molar refractivity (Wildman–Crippen MR) is 84.6 cm³/mol. The van der Waals surface area contributed by atoms with Crippen molar-refractivity contribution in [1.82, 2.24) is 9.97 Å². The molecule has 0 aliphatic heterocycles. The molecule has 0 aromatic carbocycles. The molecular weight excluding hydrogens is 318 g/mol. The van der Waals surface area contributed by atoms with Crippen LogP contribution in [0.25, 0.3) is 10.8 Å². The van der Waals surface area contributed by atoms with Crippen LogP contribution in [-0.4, -0.2) is 21.5 Å². The minimum atomic E-state index is -0.498. The topological polar surface area (TPSA) is 91.3 Å². The molecule has 0 atom stereocenters. The summed E-state index contributed by atoms with van der Waals surface area (Å²) in [4.78, 5) is 19.4. The molecule has 0 aliphatic carbocycles. The smallest absolute Gasteiger partial charge is 0.287 e. The third kappa shape index (κ3) is 3.54. The van der Waals surface area contributed by atoms with Gasteiger partial charge >= 0.3 is 0 Å². The highest BCUT2D eigenvalue weighted by molar-refractivity contribution is 7.13. The second kappa shape index (κ2) is 6.57. The van der Waals surface area contributed by atoms with E-state index in [-0.39, 0.29) is 5.69 Å². The van der Waals surface area contributed by atoms with Gasteiger partial charge in [-0.15, -0.1) is 11.3 Å². The summed E-state index contributed by atoms with van der Waals surface area (Å²) >= 11 is 1.57. The van der Waals surface area contributed by atoms with Gasteiger partial charge in [-0.1, -0.05) is 6.07 Å². The number of pyridine rings is 1. The van der Waals surface area contributed by atoms with Gasteiger partial charge in [0.05, 0.1) is 22.1 Å². The van der Waals surface area contributed by atoms with E-state index in [0.29, 0.717) is 24.8 Å². The summed E-state index contributed by atoms with van der Waals surface area (Å²) in [6.07, 6.45) is 1.74. The van der Waals surface area contributed by atoms with Crippen LogP contribution in [0.1, 0.15) is 11.5 Å². The number of aryl methyl sites for hydroxylation is 1. The lowest BCUT2D eigenvalue weighted by Crippen LogP contribution is -2.04. The average molecular weight is 331 g/mol. The Hall–Kier alpha value is -2.74. The first-order valence-electron chi connectivity index (χ1n) is 6.87. The van der Waals surface area contributed by atoms with Crippen molar-refractivity contribution in [3.63, 3.8) is 0 Å². The lowest BCUT2D eigenvalue weighted by molar-refractivity contribution is -0.385. The maximum atomic E-state index is 10.6.